The molecule has 4 aromatic rings. The predicted octanol–water partition coefficient (Wildman–Crippen LogP) is 5.44. The van der Waals surface area contributed by atoms with Crippen molar-refractivity contribution >= 4 is 11.8 Å². The molecule has 0 N–H and O–H groups in total. The molecule has 0 aromatic heterocycles. The summed E-state index contributed by atoms with van der Waals surface area (Å²) >= 11 is 0. The van der Waals surface area contributed by atoms with E-state index in [4.69, 9.17) is 14.7 Å². The minimum Gasteiger partial charge on any atom is -0.482 e. The molecule has 160 valence electrons. The topological polar surface area (TPSA) is 76.4 Å². The van der Waals surface area contributed by atoms with Gasteiger partial charge in [-0.25, -0.2) is 4.79 Å². The number of ketones is 1. The third-order valence-electron chi connectivity index (χ3n) is 4.94. The predicted molar refractivity (Wildman–Crippen MR) is 124 cm³/mol. The van der Waals surface area contributed by atoms with E-state index in [-0.39, 0.29) is 12.4 Å². The summed E-state index contributed by atoms with van der Waals surface area (Å²) in [5.74, 6) is 0.258. The fraction of sp³-hybridized carbons (Fsp3) is 0.0357. The molecule has 0 saturated heterocycles. The van der Waals surface area contributed by atoms with Gasteiger partial charge in [0.1, 0.15) is 11.5 Å². The molecule has 0 saturated carbocycles. The molecular weight excluding hydrogens is 414 g/mol. The van der Waals surface area contributed by atoms with Crippen LogP contribution in [0.1, 0.15) is 21.5 Å². The van der Waals surface area contributed by atoms with Crippen molar-refractivity contribution in [2.24, 2.45) is 0 Å². The minimum atomic E-state index is -0.537. The standard InChI is InChI=1S/C28H19NO4/c29-18-20-6-8-21(9-7-20)22-10-16-26(17-11-22)33-27(30)19-32-25-14-12-24(13-15-25)28(31)23-4-2-1-3-5-23/h1-17H,19H2. The Bertz CT molecular complexity index is 1290. The zero-order chi connectivity index (χ0) is 23.0. The molecule has 0 atom stereocenters. The molecule has 4 rings (SSSR count). The summed E-state index contributed by atoms with van der Waals surface area (Å²) in [4.78, 5) is 24.6. The van der Waals surface area contributed by atoms with E-state index in [2.05, 4.69) is 6.07 Å². The summed E-state index contributed by atoms with van der Waals surface area (Å²) in [5, 5.41) is 8.89. The SMILES string of the molecule is N#Cc1ccc(-c2ccc(OC(=O)COc3ccc(C(=O)c4ccccc4)cc3)cc2)cc1. The van der Waals surface area contributed by atoms with Crippen LogP contribution in [-0.2, 0) is 4.79 Å². The molecule has 5 heteroatoms. The summed E-state index contributed by atoms with van der Waals surface area (Å²) in [6.07, 6.45) is 0. The molecule has 0 aliphatic carbocycles. The molecule has 0 spiro atoms. The van der Waals surface area contributed by atoms with Gasteiger partial charge in [0.25, 0.3) is 0 Å². The highest BCUT2D eigenvalue weighted by Crippen LogP contribution is 2.23. The number of nitriles is 1. The third-order valence-corrected chi connectivity index (χ3v) is 4.94. The average molecular weight is 433 g/mol. The van der Waals surface area contributed by atoms with Crippen molar-refractivity contribution in [2.75, 3.05) is 6.61 Å². The van der Waals surface area contributed by atoms with Gasteiger partial charge < -0.3 is 9.47 Å². The average Bonchev–Trinajstić information content (AvgIpc) is 2.88. The molecule has 0 heterocycles. The molecule has 0 amide bonds. The van der Waals surface area contributed by atoms with E-state index in [0.717, 1.165) is 11.1 Å². The van der Waals surface area contributed by atoms with Crippen molar-refractivity contribution in [3.05, 3.63) is 120 Å². The summed E-state index contributed by atoms with van der Waals surface area (Å²) < 4.78 is 10.8. The maximum absolute atomic E-state index is 12.4. The Labute approximate surface area is 191 Å². The van der Waals surface area contributed by atoms with Crippen LogP contribution < -0.4 is 9.47 Å². The molecule has 5 nitrogen and oxygen atoms in total. The van der Waals surface area contributed by atoms with E-state index in [0.29, 0.717) is 28.2 Å². The Morgan fingerprint density at radius 2 is 1.21 bits per heavy atom. The van der Waals surface area contributed by atoms with Crippen LogP contribution in [0, 0.1) is 11.3 Å². The largest absolute Gasteiger partial charge is 0.482 e. The lowest BCUT2D eigenvalue weighted by molar-refractivity contribution is -0.136. The lowest BCUT2D eigenvalue weighted by Crippen LogP contribution is -2.17. The van der Waals surface area contributed by atoms with Gasteiger partial charge in [0.2, 0.25) is 0 Å². The first kappa shape index (κ1) is 21.5. The van der Waals surface area contributed by atoms with Gasteiger partial charge in [-0.15, -0.1) is 0 Å². The second kappa shape index (κ2) is 10.1. The third kappa shape index (κ3) is 5.52. The number of hydrogen-bond donors (Lipinski definition) is 0. The zero-order valence-corrected chi connectivity index (χ0v) is 17.6. The lowest BCUT2D eigenvalue weighted by atomic mass is 10.0. The second-order valence-electron chi connectivity index (χ2n) is 7.20. The first-order valence-corrected chi connectivity index (χ1v) is 10.3. The fourth-order valence-corrected chi connectivity index (χ4v) is 3.21. The van der Waals surface area contributed by atoms with Gasteiger partial charge in [-0.3, -0.25) is 4.79 Å². The van der Waals surface area contributed by atoms with Crippen LogP contribution in [0.2, 0.25) is 0 Å². The van der Waals surface area contributed by atoms with Gasteiger partial charge in [0, 0.05) is 11.1 Å². The van der Waals surface area contributed by atoms with Crippen LogP contribution in [0.15, 0.2) is 103 Å². The summed E-state index contributed by atoms with van der Waals surface area (Å²) in [7, 11) is 0. The van der Waals surface area contributed by atoms with Crippen LogP contribution in [0.3, 0.4) is 0 Å². The molecule has 0 radical (unpaired) electrons. The zero-order valence-electron chi connectivity index (χ0n) is 17.6. The van der Waals surface area contributed by atoms with Gasteiger partial charge >= 0.3 is 5.97 Å². The van der Waals surface area contributed by atoms with Crippen molar-refractivity contribution in [1.82, 2.24) is 0 Å². The number of benzene rings is 4. The van der Waals surface area contributed by atoms with Crippen LogP contribution in [0.4, 0.5) is 0 Å². The summed E-state index contributed by atoms with van der Waals surface area (Å²) in [6.45, 7) is -0.261. The molecular formula is C28H19NO4. The van der Waals surface area contributed by atoms with Gasteiger partial charge in [0.15, 0.2) is 12.4 Å². The molecule has 0 bridgehead atoms. The van der Waals surface area contributed by atoms with E-state index in [9.17, 15) is 9.59 Å². The molecule has 0 unspecified atom stereocenters. The number of carbonyl (C=O) groups excluding carboxylic acids is 2. The van der Waals surface area contributed by atoms with Crippen LogP contribution >= 0.6 is 0 Å². The Hall–Kier alpha value is -4.69. The minimum absolute atomic E-state index is 0.0778. The maximum atomic E-state index is 12.4. The Kier molecular flexibility index (Phi) is 6.58. The number of nitrogens with zero attached hydrogens (tertiary/aromatic N) is 1. The van der Waals surface area contributed by atoms with Gasteiger partial charge in [0.05, 0.1) is 11.6 Å². The smallest absolute Gasteiger partial charge is 0.349 e. The first-order chi connectivity index (χ1) is 16.1. The van der Waals surface area contributed by atoms with E-state index >= 15 is 0 Å². The Morgan fingerprint density at radius 1 is 0.667 bits per heavy atom. The fourth-order valence-electron chi connectivity index (χ4n) is 3.21. The monoisotopic (exact) mass is 433 g/mol. The van der Waals surface area contributed by atoms with E-state index in [1.807, 2.05) is 42.5 Å². The molecule has 33 heavy (non-hydrogen) atoms. The summed E-state index contributed by atoms with van der Waals surface area (Å²) in [5.41, 5.74) is 3.66. The van der Waals surface area contributed by atoms with Gasteiger partial charge in [-0.05, 0) is 59.7 Å². The van der Waals surface area contributed by atoms with E-state index in [1.165, 1.54) is 0 Å². The molecule has 0 fully saturated rings. The number of carbonyl (C=O) groups is 2. The molecule has 0 aliphatic heterocycles. The quantitative estimate of drug-likeness (QED) is 0.220. The number of rotatable bonds is 7. The first-order valence-electron chi connectivity index (χ1n) is 10.3. The number of hydrogen-bond acceptors (Lipinski definition) is 5. The summed E-state index contributed by atoms with van der Waals surface area (Å²) in [6, 6.07) is 32.1. The highest BCUT2D eigenvalue weighted by Gasteiger charge is 2.10. The van der Waals surface area contributed by atoms with Gasteiger partial charge in [-0.2, -0.15) is 5.26 Å². The van der Waals surface area contributed by atoms with Crippen molar-refractivity contribution in [3.8, 4) is 28.7 Å². The molecule has 0 aliphatic rings. The van der Waals surface area contributed by atoms with Crippen LogP contribution in [-0.4, -0.2) is 18.4 Å². The van der Waals surface area contributed by atoms with Crippen LogP contribution in [0.5, 0.6) is 11.5 Å². The van der Waals surface area contributed by atoms with Crippen molar-refractivity contribution in [1.29, 1.82) is 5.26 Å². The lowest BCUT2D eigenvalue weighted by Gasteiger charge is -2.08. The number of ether oxygens (including phenoxy) is 2. The Balaban J connectivity index is 1.30. The second-order valence-corrected chi connectivity index (χ2v) is 7.20. The van der Waals surface area contributed by atoms with Gasteiger partial charge in [-0.1, -0.05) is 54.6 Å². The van der Waals surface area contributed by atoms with Crippen LogP contribution in [0.25, 0.3) is 11.1 Å². The number of esters is 1. The van der Waals surface area contributed by atoms with E-state index < -0.39 is 5.97 Å². The van der Waals surface area contributed by atoms with Crippen molar-refractivity contribution in [3.63, 3.8) is 0 Å². The highest BCUT2D eigenvalue weighted by molar-refractivity contribution is 6.09. The van der Waals surface area contributed by atoms with Crippen molar-refractivity contribution < 1.29 is 19.1 Å². The molecule has 4 aromatic carbocycles. The normalized spacial score (nSPS) is 10.2. The van der Waals surface area contributed by atoms with E-state index in [1.54, 1.807) is 60.7 Å². The van der Waals surface area contributed by atoms with Crippen molar-refractivity contribution in [2.45, 2.75) is 0 Å². The Morgan fingerprint density at radius 3 is 1.82 bits per heavy atom. The highest BCUT2D eigenvalue weighted by atomic mass is 16.6. The maximum Gasteiger partial charge on any atom is 0.349 e.